The zero-order valence-electron chi connectivity index (χ0n) is 15.1. The number of para-hydroxylation sites is 3. The van der Waals surface area contributed by atoms with E-state index in [9.17, 15) is 0 Å². The van der Waals surface area contributed by atoms with Gasteiger partial charge in [0.1, 0.15) is 17.2 Å². The van der Waals surface area contributed by atoms with Crippen molar-refractivity contribution >= 4 is 47.8 Å². The summed E-state index contributed by atoms with van der Waals surface area (Å²) in [6, 6.07) is 22.2. The highest BCUT2D eigenvalue weighted by atomic mass is 79.9. The summed E-state index contributed by atoms with van der Waals surface area (Å²) in [5.41, 5.74) is 0. The van der Waals surface area contributed by atoms with E-state index in [0.29, 0.717) is 17.2 Å². The third kappa shape index (κ3) is 4.80. The molecule has 0 spiro atoms. The molecule has 0 unspecified atom stereocenters. The second-order valence-electron chi connectivity index (χ2n) is 5.83. The number of rotatable bonds is 6. The lowest BCUT2D eigenvalue weighted by Crippen LogP contribution is -2.02. The van der Waals surface area contributed by atoms with Gasteiger partial charge in [-0.15, -0.1) is 0 Å². The van der Waals surface area contributed by atoms with Gasteiger partial charge in [-0.1, -0.05) is 46.6 Å². The minimum atomic E-state index is 0.106. The third-order valence-corrected chi connectivity index (χ3v) is 5.76. The van der Waals surface area contributed by atoms with Crippen molar-refractivity contribution in [1.82, 2.24) is 15.4 Å². The van der Waals surface area contributed by atoms with Crippen LogP contribution in [0.15, 0.2) is 86.2 Å². The topological polar surface area (TPSA) is 66.4 Å². The molecular formula is C21H12Br3N3O3. The Hall–Kier alpha value is -2.49. The van der Waals surface area contributed by atoms with Gasteiger partial charge in [-0.05, 0) is 89.4 Å². The lowest BCUT2D eigenvalue weighted by atomic mass is 10.3. The van der Waals surface area contributed by atoms with Gasteiger partial charge in [-0.2, -0.15) is 0 Å². The molecule has 0 bridgehead atoms. The van der Waals surface area contributed by atoms with Gasteiger partial charge in [-0.3, -0.25) is 0 Å². The Balaban J connectivity index is 1.78. The molecule has 0 radical (unpaired) electrons. The quantitative estimate of drug-likeness (QED) is 0.230. The predicted octanol–water partition coefficient (Wildman–Crippen LogP) is 7.54. The molecule has 0 aliphatic heterocycles. The fourth-order valence-corrected chi connectivity index (χ4v) is 3.50. The summed E-state index contributed by atoms with van der Waals surface area (Å²) in [6.45, 7) is 0. The van der Waals surface area contributed by atoms with Crippen LogP contribution in [0.2, 0.25) is 0 Å². The molecule has 1 aromatic heterocycles. The van der Waals surface area contributed by atoms with Gasteiger partial charge >= 0.3 is 0 Å². The minimum absolute atomic E-state index is 0.106. The van der Waals surface area contributed by atoms with Crippen molar-refractivity contribution in [2.75, 3.05) is 0 Å². The molecule has 0 aliphatic carbocycles. The number of hydrogen-bond acceptors (Lipinski definition) is 6. The summed E-state index contributed by atoms with van der Waals surface area (Å²) >= 11 is 10.4. The molecule has 0 fully saturated rings. The Morgan fingerprint density at radius 2 is 0.867 bits per heavy atom. The second kappa shape index (κ2) is 9.55. The largest absolute Gasteiger partial charge is 0.445 e. The van der Waals surface area contributed by atoms with E-state index in [4.69, 9.17) is 14.2 Å². The Bertz CT molecular complexity index is 1130. The first kappa shape index (κ1) is 20.8. The molecule has 30 heavy (non-hydrogen) atoms. The molecule has 0 saturated heterocycles. The van der Waals surface area contributed by atoms with E-state index in [1.54, 1.807) is 18.2 Å². The molecule has 3 aromatic carbocycles. The monoisotopic (exact) mass is 591 g/mol. The second-order valence-corrected chi connectivity index (χ2v) is 8.39. The lowest BCUT2D eigenvalue weighted by Gasteiger charge is -2.15. The minimum Gasteiger partial charge on any atom is -0.445 e. The zero-order valence-corrected chi connectivity index (χ0v) is 19.9. The molecule has 0 amide bonds. The average molecular weight is 594 g/mol. The van der Waals surface area contributed by atoms with Crippen molar-refractivity contribution in [2.45, 2.75) is 0 Å². The molecule has 4 rings (SSSR count). The Morgan fingerprint density at radius 1 is 0.500 bits per heavy atom. The van der Waals surface area contributed by atoms with Gasteiger partial charge in [0.15, 0.2) is 0 Å². The summed E-state index contributed by atoms with van der Waals surface area (Å²) in [5, 5.41) is 11.8. The molecule has 0 N–H and O–H groups in total. The number of halogens is 3. The van der Waals surface area contributed by atoms with Gasteiger partial charge < -0.3 is 14.2 Å². The molecule has 4 aromatic rings. The van der Waals surface area contributed by atoms with Crippen molar-refractivity contribution in [3.63, 3.8) is 0 Å². The summed E-state index contributed by atoms with van der Waals surface area (Å²) in [4.78, 5) is 0. The number of aromatic nitrogens is 3. The maximum absolute atomic E-state index is 6.10. The molecular weight excluding hydrogens is 582 g/mol. The van der Waals surface area contributed by atoms with Crippen molar-refractivity contribution in [2.24, 2.45) is 0 Å². The van der Waals surface area contributed by atoms with Gasteiger partial charge in [0.25, 0.3) is 17.5 Å². The van der Waals surface area contributed by atoms with Crippen LogP contribution >= 0.6 is 47.8 Å². The molecule has 0 aliphatic rings. The molecule has 6 nitrogen and oxygen atoms in total. The summed E-state index contributed by atoms with van der Waals surface area (Å²) in [7, 11) is 0. The number of ether oxygens (including phenoxy) is 3. The Morgan fingerprint density at radius 3 is 1.27 bits per heavy atom. The first-order valence-electron chi connectivity index (χ1n) is 8.62. The van der Waals surface area contributed by atoms with Gasteiger partial charge in [0.05, 0.1) is 13.4 Å². The zero-order chi connectivity index (χ0) is 20.9. The summed E-state index contributed by atoms with van der Waals surface area (Å²) in [5.74, 6) is 2.03. The van der Waals surface area contributed by atoms with Crippen LogP contribution in [0.4, 0.5) is 0 Å². The normalized spacial score (nSPS) is 10.5. The first-order chi connectivity index (χ1) is 14.6. The van der Waals surface area contributed by atoms with Crippen LogP contribution in [0.5, 0.6) is 34.8 Å². The van der Waals surface area contributed by atoms with Crippen LogP contribution in [0.3, 0.4) is 0 Å². The standard InChI is InChI=1S/C21H12Br3N3O3/c22-13-7-1-4-10-16(13)28-19-20(29-17-11-5-2-8-14(17)23)25-27-26-21(19)30-18-12-6-3-9-15(18)24/h1-12H. The van der Waals surface area contributed by atoms with Crippen LogP contribution in [0, 0.1) is 0 Å². The van der Waals surface area contributed by atoms with Crippen molar-refractivity contribution in [1.29, 1.82) is 0 Å². The van der Waals surface area contributed by atoms with Gasteiger partial charge in [-0.25, -0.2) is 0 Å². The van der Waals surface area contributed by atoms with Crippen LogP contribution in [-0.4, -0.2) is 15.4 Å². The summed E-state index contributed by atoms with van der Waals surface area (Å²) in [6.07, 6.45) is 0. The van der Waals surface area contributed by atoms with Crippen molar-refractivity contribution in [3.8, 4) is 34.8 Å². The van der Waals surface area contributed by atoms with E-state index < -0.39 is 0 Å². The van der Waals surface area contributed by atoms with Crippen LogP contribution in [-0.2, 0) is 0 Å². The molecule has 0 saturated carbocycles. The van der Waals surface area contributed by atoms with E-state index in [2.05, 4.69) is 63.2 Å². The smallest absolute Gasteiger partial charge is 0.290 e. The maximum Gasteiger partial charge on any atom is 0.290 e. The highest BCUT2D eigenvalue weighted by Crippen LogP contribution is 2.43. The molecule has 0 atom stereocenters. The fourth-order valence-electron chi connectivity index (χ4n) is 2.41. The molecule has 150 valence electrons. The van der Waals surface area contributed by atoms with Gasteiger partial charge in [0.2, 0.25) is 0 Å². The van der Waals surface area contributed by atoms with E-state index >= 15 is 0 Å². The summed E-state index contributed by atoms with van der Waals surface area (Å²) < 4.78 is 20.3. The highest BCUT2D eigenvalue weighted by Gasteiger charge is 2.22. The van der Waals surface area contributed by atoms with Gasteiger partial charge in [0, 0.05) is 0 Å². The third-order valence-electron chi connectivity index (χ3n) is 3.79. The van der Waals surface area contributed by atoms with Crippen LogP contribution < -0.4 is 14.2 Å². The highest BCUT2D eigenvalue weighted by molar-refractivity contribution is 9.11. The molecule has 1 heterocycles. The number of hydrogen-bond donors (Lipinski definition) is 0. The first-order valence-corrected chi connectivity index (χ1v) is 11.0. The molecule has 9 heteroatoms. The average Bonchev–Trinajstić information content (AvgIpc) is 2.75. The fraction of sp³-hybridized carbons (Fsp3) is 0. The SMILES string of the molecule is Brc1ccccc1Oc1nnnc(Oc2ccccc2Br)c1Oc1ccccc1Br. The number of benzene rings is 3. The maximum atomic E-state index is 6.10. The van der Waals surface area contributed by atoms with Crippen molar-refractivity contribution in [3.05, 3.63) is 86.2 Å². The lowest BCUT2D eigenvalue weighted by molar-refractivity contribution is 0.352. The van der Waals surface area contributed by atoms with E-state index in [0.717, 1.165) is 13.4 Å². The number of nitrogens with zero attached hydrogens (tertiary/aromatic N) is 3. The van der Waals surface area contributed by atoms with Crippen molar-refractivity contribution < 1.29 is 14.2 Å². The van der Waals surface area contributed by atoms with E-state index in [-0.39, 0.29) is 17.5 Å². The van der Waals surface area contributed by atoms with E-state index in [1.807, 2.05) is 54.6 Å². The Kier molecular flexibility index (Phi) is 6.61. The van der Waals surface area contributed by atoms with E-state index in [1.165, 1.54) is 0 Å². The Labute approximate surface area is 197 Å². The predicted molar refractivity (Wildman–Crippen MR) is 122 cm³/mol. The van der Waals surface area contributed by atoms with Crippen LogP contribution in [0.25, 0.3) is 0 Å². The van der Waals surface area contributed by atoms with Crippen LogP contribution in [0.1, 0.15) is 0 Å².